The Morgan fingerprint density at radius 2 is 1.56 bits per heavy atom. The molecule has 0 saturated heterocycles. The van der Waals surface area contributed by atoms with Gasteiger partial charge in [0.25, 0.3) is 0 Å². The van der Waals surface area contributed by atoms with Crippen molar-refractivity contribution in [3.8, 4) is 11.5 Å². The fraction of sp³-hybridized carbons (Fsp3) is 0.303. The molecule has 0 saturated carbocycles. The van der Waals surface area contributed by atoms with E-state index < -0.39 is 12.1 Å². The summed E-state index contributed by atoms with van der Waals surface area (Å²) in [7, 11) is 2.79. The zero-order valence-corrected chi connectivity index (χ0v) is 24.7. The van der Waals surface area contributed by atoms with Crippen LogP contribution in [0.25, 0.3) is 5.57 Å². The summed E-state index contributed by atoms with van der Waals surface area (Å²) in [5.41, 5.74) is 4.20. The van der Waals surface area contributed by atoms with E-state index in [0.29, 0.717) is 23.6 Å². The average Bonchev–Trinajstić information content (AvgIpc) is 2.97. The van der Waals surface area contributed by atoms with E-state index >= 15 is 0 Å². The number of methoxy groups -OCH3 is 2. The number of carbonyl (C=O) groups is 1. The topological polar surface area (TPSA) is 87.9 Å². The van der Waals surface area contributed by atoms with Crippen LogP contribution in [-0.4, -0.2) is 38.7 Å². The second-order valence-corrected chi connectivity index (χ2v) is 10.1. The Labute approximate surface area is 242 Å². The van der Waals surface area contributed by atoms with Gasteiger partial charge in [-0.1, -0.05) is 67.5 Å². The Balaban J connectivity index is 1.74. The molecule has 3 aromatic carbocycles. The molecule has 3 rings (SSSR count). The molecule has 8 heteroatoms. The Bertz CT molecular complexity index is 1370. The highest BCUT2D eigenvalue weighted by Crippen LogP contribution is 2.29. The van der Waals surface area contributed by atoms with Crippen LogP contribution in [0.3, 0.4) is 0 Å². The normalized spacial score (nSPS) is 13.0. The molecule has 1 unspecified atom stereocenters. The molecule has 216 valence electrons. The molecule has 0 amide bonds. The van der Waals surface area contributed by atoms with Crippen molar-refractivity contribution in [3.63, 3.8) is 0 Å². The molecule has 0 aliphatic heterocycles. The van der Waals surface area contributed by atoms with Gasteiger partial charge in [0.15, 0.2) is 0 Å². The molecule has 0 bridgehead atoms. The number of rotatable bonds is 12. The smallest absolute Gasteiger partial charge is 0.341 e. The molecule has 0 aliphatic carbocycles. The van der Waals surface area contributed by atoms with Crippen LogP contribution < -0.4 is 4.74 Å². The van der Waals surface area contributed by atoms with E-state index in [0.717, 1.165) is 16.9 Å². The number of esters is 1. The Morgan fingerprint density at radius 3 is 2.15 bits per heavy atom. The number of carbonyl (C=O) groups excluding carboxylic acids is 1. The van der Waals surface area contributed by atoms with E-state index in [-0.39, 0.29) is 11.0 Å². The molecular formula is C33H38N2O6. The first-order valence-corrected chi connectivity index (χ1v) is 13.4. The van der Waals surface area contributed by atoms with Crippen LogP contribution in [0, 0.1) is 0 Å². The van der Waals surface area contributed by atoms with Gasteiger partial charge in [0, 0.05) is 11.1 Å². The quantitative estimate of drug-likeness (QED) is 0.0755. The minimum absolute atomic E-state index is 0.0793. The maximum atomic E-state index is 12.3. The van der Waals surface area contributed by atoms with E-state index in [1.54, 1.807) is 6.07 Å². The summed E-state index contributed by atoms with van der Waals surface area (Å²) in [6, 6.07) is 22.9. The monoisotopic (exact) mass is 558 g/mol. The van der Waals surface area contributed by atoms with Gasteiger partial charge >= 0.3 is 5.97 Å². The molecule has 0 aromatic heterocycles. The number of benzene rings is 3. The SMILES string of the molecule is CCON=C(C=NOC(C)c1ccccc1C(=COC)C(=O)OC)c1ccc(Oc2ccc(C(C)(C)C)cc2)cc1. The molecule has 41 heavy (non-hydrogen) atoms. The van der Waals surface area contributed by atoms with Gasteiger partial charge in [0.2, 0.25) is 0 Å². The van der Waals surface area contributed by atoms with Crippen molar-refractivity contribution in [2.24, 2.45) is 10.3 Å². The molecular weight excluding hydrogens is 520 g/mol. The van der Waals surface area contributed by atoms with Crippen LogP contribution in [0.15, 0.2) is 89.4 Å². The Kier molecular flexibility index (Phi) is 11.1. The molecule has 0 fully saturated rings. The second kappa shape index (κ2) is 14.7. The van der Waals surface area contributed by atoms with Crippen molar-refractivity contribution in [2.45, 2.75) is 46.1 Å². The lowest BCUT2D eigenvalue weighted by molar-refractivity contribution is -0.133. The highest BCUT2D eigenvalue weighted by molar-refractivity contribution is 6.37. The lowest BCUT2D eigenvalue weighted by atomic mass is 9.87. The van der Waals surface area contributed by atoms with Gasteiger partial charge in [-0.05, 0) is 66.8 Å². The summed E-state index contributed by atoms with van der Waals surface area (Å²) in [5, 5.41) is 8.37. The Morgan fingerprint density at radius 1 is 0.927 bits per heavy atom. The minimum Gasteiger partial charge on any atom is -0.503 e. The molecule has 0 radical (unpaired) electrons. The van der Waals surface area contributed by atoms with Gasteiger partial charge < -0.3 is 23.9 Å². The molecule has 1 atom stereocenters. The summed E-state index contributed by atoms with van der Waals surface area (Å²) in [4.78, 5) is 23.4. The number of hydrogen-bond donors (Lipinski definition) is 0. The summed E-state index contributed by atoms with van der Waals surface area (Å²) >= 11 is 0. The first-order valence-electron chi connectivity index (χ1n) is 13.4. The van der Waals surface area contributed by atoms with Crippen molar-refractivity contribution < 1.29 is 28.7 Å². The first kappa shape index (κ1) is 30.9. The van der Waals surface area contributed by atoms with Crippen LogP contribution in [0.5, 0.6) is 11.5 Å². The maximum Gasteiger partial charge on any atom is 0.341 e. The zero-order valence-electron chi connectivity index (χ0n) is 24.7. The molecule has 0 spiro atoms. The standard InChI is InChI=1S/C33H38N2O6/c1-8-39-35-31(24-13-17-26(18-14-24)40-27-19-15-25(16-20-27)33(3,4)5)21-34-41-23(2)28-11-9-10-12-29(28)30(22-37-6)32(36)38-7/h9-23H,8H2,1-7H3. The van der Waals surface area contributed by atoms with Crippen LogP contribution >= 0.6 is 0 Å². The summed E-state index contributed by atoms with van der Waals surface area (Å²) in [5.74, 6) is 0.932. The van der Waals surface area contributed by atoms with Gasteiger partial charge in [-0.15, -0.1) is 0 Å². The fourth-order valence-electron chi connectivity index (χ4n) is 3.91. The lowest BCUT2D eigenvalue weighted by Gasteiger charge is -2.19. The first-order chi connectivity index (χ1) is 19.7. The van der Waals surface area contributed by atoms with Crippen molar-refractivity contribution in [2.75, 3.05) is 20.8 Å². The largest absolute Gasteiger partial charge is 0.503 e. The molecule has 0 aliphatic rings. The molecule has 3 aromatic rings. The van der Waals surface area contributed by atoms with E-state index in [4.69, 9.17) is 23.9 Å². The predicted molar refractivity (Wildman–Crippen MR) is 161 cm³/mol. The number of oxime groups is 2. The zero-order chi connectivity index (χ0) is 29.8. The third-order valence-electron chi connectivity index (χ3n) is 6.12. The summed E-state index contributed by atoms with van der Waals surface area (Å²) in [6.07, 6.45) is 2.34. The highest BCUT2D eigenvalue weighted by Gasteiger charge is 2.20. The highest BCUT2D eigenvalue weighted by atomic mass is 16.6. The summed E-state index contributed by atoms with van der Waals surface area (Å²) in [6.45, 7) is 10.6. The maximum absolute atomic E-state index is 12.3. The predicted octanol–water partition coefficient (Wildman–Crippen LogP) is 7.44. The Hall–Kier alpha value is -4.59. The average molecular weight is 559 g/mol. The molecule has 8 nitrogen and oxygen atoms in total. The van der Waals surface area contributed by atoms with Crippen molar-refractivity contribution in [1.29, 1.82) is 0 Å². The third kappa shape index (κ3) is 8.70. The second-order valence-electron chi connectivity index (χ2n) is 10.1. The fourth-order valence-corrected chi connectivity index (χ4v) is 3.91. The van der Waals surface area contributed by atoms with Gasteiger partial charge in [-0.3, -0.25) is 0 Å². The van der Waals surface area contributed by atoms with E-state index in [1.807, 2.05) is 68.4 Å². The van der Waals surface area contributed by atoms with Crippen LogP contribution in [0.1, 0.15) is 63.0 Å². The minimum atomic E-state index is -0.518. The van der Waals surface area contributed by atoms with Gasteiger partial charge in [-0.2, -0.15) is 0 Å². The van der Waals surface area contributed by atoms with E-state index in [9.17, 15) is 4.79 Å². The lowest BCUT2D eigenvalue weighted by Crippen LogP contribution is -2.10. The van der Waals surface area contributed by atoms with Crippen molar-refractivity contribution >= 4 is 23.5 Å². The number of ether oxygens (including phenoxy) is 3. The summed E-state index contributed by atoms with van der Waals surface area (Å²) < 4.78 is 16.0. The number of hydrogen-bond acceptors (Lipinski definition) is 8. The number of nitrogens with zero attached hydrogens (tertiary/aromatic N) is 2. The molecule has 0 heterocycles. The van der Waals surface area contributed by atoms with Crippen LogP contribution in [-0.2, 0) is 29.4 Å². The van der Waals surface area contributed by atoms with E-state index in [1.165, 1.54) is 32.3 Å². The van der Waals surface area contributed by atoms with Gasteiger partial charge in [0.1, 0.15) is 35.5 Å². The van der Waals surface area contributed by atoms with Gasteiger partial charge in [0.05, 0.1) is 26.7 Å². The van der Waals surface area contributed by atoms with Crippen LogP contribution in [0.2, 0.25) is 0 Å². The van der Waals surface area contributed by atoms with Crippen molar-refractivity contribution in [3.05, 3.63) is 101 Å². The third-order valence-corrected chi connectivity index (χ3v) is 6.12. The van der Waals surface area contributed by atoms with E-state index in [2.05, 4.69) is 43.2 Å². The molecule has 0 N–H and O–H groups in total. The van der Waals surface area contributed by atoms with Gasteiger partial charge in [-0.25, -0.2) is 4.79 Å². The van der Waals surface area contributed by atoms with Crippen molar-refractivity contribution in [1.82, 2.24) is 0 Å². The van der Waals surface area contributed by atoms with Crippen LogP contribution in [0.4, 0.5) is 0 Å².